The minimum Gasteiger partial charge on any atom is -0.507 e. The Morgan fingerprint density at radius 2 is 1.09 bits per heavy atom. The molecule has 230 valence electrons. The number of aromatic hydroxyl groups is 2. The molecule has 0 radical (unpaired) electrons. The Balaban J connectivity index is 1.65. The van der Waals surface area contributed by atoms with Gasteiger partial charge in [-0.2, -0.15) is 0 Å². The minimum absolute atomic E-state index is 0.0300. The molecule has 1 aliphatic carbocycles. The summed E-state index contributed by atoms with van der Waals surface area (Å²) in [7, 11) is 0. The van der Waals surface area contributed by atoms with Crippen LogP contribution < -0.4 is 16.0 Å². The largest absolute Gasteiger partial charge is 0.507 e. The van der Waals surface area contributed by atoms with Crippen LogP contribution in [-0.4, -0.2) is 34.9 Å². The Hall–Kier alpha value is -4.00. The fraction of sp³-hybridized carbons (Fsp3) is 0.444. The van der Waals surface area contributed by atoms with Gasteiger partial charge in [-0.1, -0.05) is 96.3 Å². The van der Waals surface area contributed by atoms with E-state index in [1.165, 1.54) is 51.0 Å². The van der Waals surface area contributed by atoms with Crippen molar-refractivity contribution in [2.75, 3.05) is 29.0 Å². The SMILES string of the molecule is CCCCCCCCNc1cc(NCCCCCCCC)c2c(c1O)C(=O)c1c(Nc3ccccc3)ccc(O)c1C2=O. The van der Waals surface area contributed by atoms with E-state index in [-0.39, 0.29) is 33.8 Å². The average Bonchev–Trinajstić information content (AvgIpc) is 3.01. The summed E-state index contributed by atoms with van der Waals surface area (Å²) >= 11 is 0. The highest BCUT2D eigenvalue weighted by atomic mass is 16.3. The second-order valence-electron chi connectivity index (χ2n) is 11.5. The monoisotopic (exact) mass is 585 g/mol. The van der Waals surface area contributed by atoms with Crippen molar-refractivity contribution in [3.8, 4) is 11.5 Å². The van der Waals surface area contributed by atoms with Crippen molar-refractivity contribution in [2.45, 2.75) is 90.9 Å². The number of benzene rings is 3. The lowest BCUT2D eigenvalue weighted by Gasteiger charge is -2.26. The van der Waals surface area contributed by atoms with E-state index in [0.717, 1.165) is 37.8 Å². The third-order valence-corrected chi connectivity index (χ3v) is 8.14. The molecule has 0 unspecified atom stereocenters. The van der Waals surface area contributed by atoms with E-state index in [4.69, 9.17) is 0 Å². The number of rotatable bonds is 18. The molecular formula is C36H47N3O4. The average molecular weight is 586 g/mol. The first-order valence-corrected chi connectivity index (χ1v) is 16.1. The van der Waals surface area contributed by atoms with Gasteiger partial charge in [-0.3, -0.25) is 9.59 Å². The highest BCUT2D eigenvalue weighted by molar-refractivity contribution is 6.34. The summed E-state index contributed by atoms with van der Waals surface area (Å²) in [6, 6.07) is 14.1. The predicted octanol–water partition coefficient (Wildman–Crippen LogP) is 9.16. The first-order chi connectivity index (χ1) is 21.0. The van der Waals surface area contributed by atoms with Crippen molar-refractivity contribution in [1.29, 1.82) is 0 Å². The lowest BCUT2D eigenvalue weighted by Crippen LogP contribution is -2.25. The van der Waals surface area contributed by atoms with E-state index in [1.807, 2.05) is 30.3 Å². The molecule has 3 aromatic carbocycles. The lowest BCUT2D eigenvalue weighted by molar-refractivity contribution is 0.0975. The van der Waals surface area contributed by atoms with E-state index < -0.39 is 11.6 Å². The topological polar surface area (TPSA) is 111 Å². The number of phenolic OH excluding ortho intramolecular Hbond substituents is 2. The molecule has 0 saturated carbocycles. The number of hydrogen-bond acceptors (Lipinski definition) is 7. The van der Waals surface area contributed by atoms with E-state index in [1.54, 1.807) is 12.1 Å². The molecule has 0 atom stereocenters. The van der Waals surface area contributed by atoms with Gasteiger partial charge in [0.05, 0.1) is 33.6 Å². The Labute approximate surface area is 256 Å². The van der Waals surface area contributed by atoms with Gasteiger partial charge in [-0.15, -0.1) is 0 Å². The van der Waals surface area contributed by atoms with Gasteiger partial charge in [-0.05, 0) is 43.2 Å². The summed E-state index contributed by atoms with van der Waals surface area (Å²) < 4.78 is 0. The lowest BCUT2D eigenvalue weighted by atomic mass is 9.80. The van der Waals surface area contributed by atoms with Crippen LogP contribution in [0.5, 0.6) is 11.5 Å². The Kier molecular flexibility index (Phi) is 11.9. The first-order valence-electron chi connectivity index (χ1n) is 16.1. The second-order valence-corrected chi connectivity index (χ2v) is 11.5. The van der Waals surface area contributed by atoms with Crippen LogP contribution in [0.1, 0.15) is 123 Å². The van der Waals surface area contributed by atoms with Crippen molar-refractivity contribution in [2.24, 2.45) is 0 Å². The number of fused-ring (bicyclic) bond motifs is 2. The van der Waals surface area contributed by atoms with E-state index in [9.17, 15) is 19.8 Å². The number of ketones is 2. The van der Waals surface area contributed by atoms with Crippen LogP contribution in [-0.2, 0) is 0 Å². The summed E-state index contributed by atoms with van der Waals surface area (Å²) in [5.74, 6) is -1.47. The fourth-order valence-corrected chi connectivity index (χ4v) is 5.75. The molecule has 7 nitrogen and oxygen atoms in total. The number of hydrogen-bond donors (Lipinski definition) is 5. The van der Waals surface area contributed by atoms with Gasteiger partial charge in [0.2, 0.25) is 11.6 Å². The number of unbranched alkanes of at least 4 members (excludes halogenated alkanes) is 10. The van der Waals surface area contributed by atoms with Crippen molar-refractivity contribution >= 4 is 34.3 Å². The highest BCUT2D eigenvalue weighted by Crippen LogP contribution is 2.45. The van der Waals surface area contributed by atoms with Crippen molar-refractivity contribution in [3.05, 3.63) is 70.8 Å². The number of carbonyl (C=O) groups excluding carboxylic acids is 2. The molecule has 0 aromatic heterocycles. The summed E-state index contributed by atoms with van der Waals surface area (Å²) in [5.41, 5.74) is 2.16. The summed E-state index contributed by atoms with van der Waals surface area (Å²) in [5, 5.41) is 32.2. The van der Waals surface area contributed by atoms with Gasteiger partial charge in [0.1, 0.15) is 5.75 Å². The number of anilines is 4. The van der Waals surface area contributed by atoms with Crippen LogP contribution in [0.2, 0.25) is 0 Å². The molecule has 0 bridgehead atoms. The Bertz CT molecular complexity index is 1390. The van der Waals surface area contributed by atoms with Crippen LogP contribution in [0.15, 0.2) is 48.5 Å². The Morgan fingerprint density at radius 1 is 0.558 bits per heavy atom. The molecule has 7 heteroatoms. The quantitative estimate of drug-likeness (QED) is 0.0450. The van der Waals surface area contributed by atoms with E-state index >= 15 is 0 Å². The van der Waals surface area contributed by atoms with Gasteiger partial charge in [0.15, 0.2) is 5.75 Å². The summed E-state index contributed by atoms with van der Waals surface area (Å²) in [6.45, 7) is 5.68. The number of phenols is 2. The van der Waals surface area contributed by atoms with Crippen molar-refractivity contribution in [1.82, 2.24) is 0 Å². The van der Waals surface area contributed by atoms with E-state index in [2.05, 4.69) is 29.8 Å². The molecule has 0 amide bonds. The van der Waals surface area contributed by atoms with Crippen molar-refractivity contribution < 1.29 is 19.8 Å². The van der Waals surface area contributed by atoms with Crippen molar-refractivity contribution in [3.63, 3.8) is 0 Å². The molecule has 3 aromatic rings. The third kappa shape index (κ3) is 7.89. The summed E-state index contributed by atoms with van der Waals surface area (Å²) in [6.07, 6.45) is 13.6. The maximum Gasteiger partial charge on any atom is 0.200 e. The molecule has 0 fully saturated rings. The molecular weight excluding hydrogens is 538 g/mol. The molecule has 5 N–H and O–H groups in total. The molecule has 0 saturated heterocycles. The van der Waals surface area contributed by atoms with Crippen LogP contribution in [0, 0.1) is 0 Å². The molecule has 0 aliphatic heterocycles. The highest BCUT2D eigenvalue weighted by Gasteiger charge is 2.39. The standard InChI is InChI=1S/C36H47N3O4/c1-3-5-7-9-11-16-22-37-27-24-28(38-23-17-12-10-8-6-4-2)34(41)33-31(27)35(42)32-29(40)21-20-26(30(32)36(33)43)39-25-18-14-13-15-19-25/h13-15,18-21,24,37-41H,3-12,16-17,22-23H2,1-2H3. The third-order valence-electron chi connectivity index (χ3n) is 8.14. The Morgan fingerprint density at radius 3 is 1.72 bits per heavy atom. The normalized spacial score (nSPS) is 12.1. The zero-order valence-corrected chi connectivity index (χ0v) is 25.7. The number of nitrogens with one attached hydrogen (secondary N) is 3. The van der Waals surface area contributed by atoms with Crippen LogP contribution >= 0.6 is 0 Å². The van der Waals surface area contributed by atoms with Gasteiger partial charge in [0.25, 0.3) is 0 Å². The van der Waals surface area contributed by atoms with Gasteiger partial charge in [-0.25, -0.2) is 0 Å². The molecule has 4 rings (SSSR count). The molecule has 43 heavy (non-hydrogen) atoms. The van der Waals surface area contributed by atoms with Gasteiger partial charge in [0, 0.05) is 24.5 Å². The second kappa shape index (κ2) is 16.0. The minimum atomic E-state index is -0.498. The molecule has 0 spiro atoms. The summed E-state index contributed by atoms with van der Waals surface area (Å²) in [4.78, 5) is 28.2. The fourth-order valence-electron chi connectivity index (χ4n) is 5.75. The van der Waals surface area contributed by atoms with Crippen LogP contribution in [0.4, 0.5) is 22.7 Å². The number of carbonyl (C=O) groups is 2. The smallest absolute Gasteiger partial charge is 0.200 e. The van der Waals surface area contributed by atoms with Gasteiger partial charge >= 0.3 is 0 Å². The maximum atomic E-state index is 14.2. The molecule has 0 heterocycles. The number of para-hydroxylation sites is 1. The van der Waals surface area contributed by atoms with Crippen LogP contribution in [0.25, 0.3) is 0 Å². The molecule has 1 aliphatic rings. The zero-order valence-electron chi connectivity index (χ0n) is 25.7. The maximum absolute atomic E-state index is 14.2. The zero-order chi connectivity index (χ0) is 30.6. The van der Waals surface area contributed by atoms with E-state index in [0.29, 0.717) is 30.2 Å². The first kappa shape index (κ1) is 31.9. The van der Waals surface area contributed by atoms with Gasteiger partial charge < -0.3 is 26.2 Å². The van der Waals surface area contributed by atoms with Crippen LogP contribution in [0.3, 0.4) is 0 Å². The predicted molar refractivity (Wildman–Crippen MR) is 177 cm³/mol.